The molecular weight excluding hydrogens is 376 g/mol. The molecule has 10 heteroatoms. The fraction of sp³-hybridized carbons (Fsp3) is 0.235. The molecule has 0 saturated heterocycles. The zero-order valence-electron chi connectivity index (χ0n) is 14.7. The smallest absolute Gasteiger partial charge is 0.269 e. The molecule has 142 valence electrons. The number of halogens is 1. The van der Waals surface area contributed by atoms with Gasteiger partial charge in [-0.2, -0.15) is 0 Å². The van der Waals surface area contributed by atoms with Crippen molar-refractivity contribution in [1.29, 1.82) is 0 Å². The number of nitro groups is 2. The number of hydrogen-bond acceptors (Lipinski definition) is 6. The van der Waals surface area contributed by atoms with Gasteiger partial charge in [-0.3, -0.25) is 29.9 Å². The zero-order valence-corrected chi connectivity index (χ0v) is 15.4. The van der Waals surface area contributed by atoms with Crippen LogP contribution in [0, 0.1) is 20.2 Å². The van der Waals surface area contributed by atoms with Gasteiger partial charge in [0.15, 0.2) is 0 Å². The first-order chi connectivity index (χ1) is 12.7. The topological polar surface area (TPSA) is 110 Å². The minimum absolute atomic E-state index is 0.0342. The molecule has 0 fully saturated rings. The van der Waals surface area contributed by atoms with Crippen LogP contribution >= 0.6 is 11.6 Å². The number of rotatable bonds is 7. The van der Waals surface area contributed by atoms with Gasteiger partial charge in [0, 0.05) is 48.6 Å². The van der Waals surface area contributed by atoms with E-state index in [9.17, 15) is 25.0 Å². The van der Waals surface area contributed by atoms with E-state index in [2.05, 4.69) is 0 Å². The van der Waals surface area contributed by atoms with E-state index in [4.69, 9.17) is 11.6 Å². The summed E-state index contributed by atoms with van der Waals surface area (Å²) in [5.74, 6) is -0.243. The molecule has 2 aromatic carbocycles. The van der Waals surface area contributed by atoms with Gasteiger partial charge in [-0.25, -0.2) is 0 Å². The molecule has 2 aromatic rings. The lowest BCUT2D eigenvalue weighted by molar-refractivity contribution is -0.385. The number of non-ortho nitro benzene ring substituents is 2. The third kappa shape index (κ3) is 5.22. The summed E-state index contributed by atoms with van der Waals surface area (Å²) in [6.07, 6.45) is 0. The van der Waals surface area contributed by atoms with Gasteiger partial charge in [0.1, 0.15) is 0 Å². The van der Waals surface area contributed by atoms with E-state index in [1.54, 1.807) is 19.0 Å². The Balaban J connectivity index is 2.03. The number of nitro benzene ring substituents is 2. The Morgan fingerprint density at radius 2 is 1.56 bits per heavy atom. The van der Waals surface area contributed by atoms with Crippen LogP contribution in [0.4, 0.5) is 17.1 Å². The Kier molecular flexibility index (Phi) is 6.43. The third-order valence-corrected chi connectivity index (χ3v) is 4.28. The van der Waals surface area contributed by atoms with E-state index < -0.39 is 9.85 Å². The van der Waals surface area contributed by atoms with E-state index in [1.165, 1.54) is 47.4 Å². The first-order valence-electron chi connectivity index (χ1n) is 7.81. The molecule has 0 atom stereocenters. The van der Waals surface area contributed by atoms with Crippen LogP contribution in [-0.2, 0) is 11.3 Å². The third-order valence-electron chi connectivity index (χ3n) is 3.91. The number of nitrogens with zero attached hydrogens (tertiary/aromatic N) is 4. The normalized spacial score (nSPS) is 10.7. The molecule has 9 nitrogen and oxygen atoms in total. The van der Waals surface area contributed by atoms with Crippen LogP contribution in [0.25, 0.3) is 0 Å². The summed E-state index contributed by atoms with van der Waals surface area (Å²) in [4.78, 5) is 36.1. The summed E-state index contributed by atoms with van der Waals surface area (Å²) in [7, 11) is 3.26. The van der Waals surface area contributed by atoms with Gasteiger partial charge in [-0.05, 0) is 30.8 Å². The average molecular weight is 393 g/mol. The first-order valence-corrected chi connectivity index (χ1v) is 8.19. The van der Waals surface area contributed by atoms with Gasteiger partial charge in [-0.15, -0.1) is 0 Å². The van der Waals surface area contributed by atoms with Crippen molar-refractivity contribution in [1.82, 2.24) is 4.90 Å². The Bertz CT molecular complexity index is 872. The van der Waals surface area contributed by atoms with Crippen LogP contribution in [0.2, 0.25) is 5.02 Å². The summed E-state index contributed by atoms with van der Waals surface area (Å²) in [6, 6.07) is 9.79. The average Bonchev–Trinajstić information content (AvgIpc) is 2.62. The van der Waals surface area contributed by atoms with Crippen LogP contribution in [0.15, 0.2) is 42.5 Å². The second kappa shape index (κ2) is 8.56. The Morgan fingerprint density at radius 1 is 1.00 bits per heavy atom. The molecule has 1 amide bonds. The van der Waals surface area contributed by atoms with Crippen molar-refractivity contribution < 1.29 is 14.6 Å². The molecule has 0 heterocycles. The van der Waals surface area contributed by atoms with E-state index in [0.29, 0.717) is 16.3 Å². The predicted octanol–water partition coefficient (Wildman–Crippen LogP) is 3.25. The molecule has 0 bridgehead atoms. The van der Waals surface area contributed by atoms with E-state index in [1.807, 2.05) is 0 Å². The summed E-state index contributed by atoms with van der Waals surface area (Å²) in [6.45, 7) is 0.285. The number of carbonyl (C=O) groups is 1. The predicted molar refractivity (Wildman–Crippen MR) is 101 cm³/mol. The molecule has 2 rings (SSSR count). The van der Waals surface area contributed by atoms with Crippen molar-refractivity contribution in [2.45, 2.75) is 6.54 Å². The van der Waals surface area contributed by atoms with Crippen LogP contribution in [0.5, 0.6) is 0 Å². The van der Waals surface area contributed by atoms with Crippen molar-refractivity contribution in [3.05, 3.63) is 73.3 Å². The van der Waals surface area contributed by atoms with Crippen LogP contribution in [-0.4, -0.2) is 41.3 Å². The number of benzene rings is 2. The van der Waals surface area contributed by atoms with Crippen molar-refractivity contribution in [3.63, 3.8) is 0 Å². The maximum absolute atomic E-state index is 12.4. The van der Waals surface area contributed by atoms with Crippen molar-refractivity contribution in [2.24, 2.45) is 0 Å². The molecule has 0 unspecified atom stereocenters. The number of likely N-dealkylation sites (N-methyl/N-ethyl adjacent to an activating group) is 2. The standard InChI is InChI=1S/C17H17ClN4O5/c1-19(10-12-9-15(22(26)27)7-8-16(12)18)11-17(23)20(2)13-3-5-14(6-4-13)21(24)25/h3-9H,10-11H2,1-2H3. The van der Waals surface area contributed by atoms with Gasteiger partial charge in [0.25, 0.3) is 11.4 Å². The molecule has 0 aliphatic rings. The SMILES string of the molecule is CN(CC(=O)N(C)c1ccc([N+](=O)[O-])cc1)Cc1cc([N+](=O)[O-])ccc1Cl. The molecular formula is C17H17ClN4O5. The second-order valence-corrected chi connectivity index (χ2v) is 6.34. The van der Waals surface area contributed by atoms with E-state index in [0.717, 1.165) is 0 Å². The van der Waals surface area contributed by atoms with E-state index in [-0.39, 0.29) is 30.4 Å². The van der Waals surface area contributed by atoms with Gasteiger partial charge in [0.2, 0.25) is 5.91 Å². The Labute approximate surface area is 160 Å². The number of anilines is 1. The fourth-order valence-corrected chi connectivity index (χ4v) is 2.60. The highest BCUT2D eigenvalue weighted by Gasteiger charge is 2.17. The molecule has 0 aliphatic heterocycles. The molecule has 0 aliphatic carbocycles. The van der Waals surface area contributed by atoms with Crippen LogP contribution in [0.3, 0.4) is 0 Å². The van der Waals surface area contributed by atoms with Crippen LogP contribution < -0.4 is 4.90 Å². The number of hydrogen-bond donors (Lipinski definition) is 0. The maximum Gasteiger partial charge on any atom is 0.269 e. The lowest BCUT2D eigenvalue weighted by Gasteiger charge is -2.22. The molecule has 0 aromatic heterocycles. The minimum atomic E-state index is -0.512. The Hall–Kier alpha value is -3.04. The molecule has 0 radical (unpaired) electrons. The van der Waals surface area contributed by atoms with Crippen LogP contribution in [0.1, 0.15) is 5.56 Å². The zero-order chi connectivity index (χ0) is 20.1. The second-order valence-electron chi connectivity index (χ2n) is 5.93. The summed E-state index contributed by atoms with van der Waals surface area (Å²) >= 11 is 6.08. The molecule has 0 N–H and O–H groups in total. The Morgan fingerprint density at radius 3 is 2.11 bits per heavy atom. The quantitative estimate of drug-likeness (QED) is 0.528. The monoisotopic (exact) mass is 392 g/mol. The lowest BCUT2D eigenvalue weighted by Crippen LogP contribution is -2.36. The van der Waals surface area contributed by atoms with E-state index >= 15 is 0 Å². The first kappa shape index (κ1) is 20.3. The summed E-state index contributed by atoms with van der Waals surface area (Å²) in [5, 5.41) is 22.0. The highest BCUT2D eigenvalue weighted by molar-refractivity contribution is 6.31. The minimum Gasteiger partial charge on any atom is -0.314 e. The lowest BCUT2D eigenvalue weighted by atomic mass is 10.2. The maximum atomic E-state index is 12.4. The molecule has 0 saturated carbocycles. The molecule has 27 heavy (non-hydrogen) atoms. The fourth-order valence-electron chi connectivity index (χ4n) is 2.42. The highest BCUT2D eigenvalue weighted by Crippen LogP contribution is 2.23. The summed E-state index contributed by atoms with van der Waals surface area (Å²) < 4.78 is 0. The van der Waals surface area contributed by atoms with Crippen molar-refractivity contribution in [3.8, 4) is 0 Å². The number of amides is 1. The van der Waals surface area contributed by atoms with Crippen molar-refractivity contribution >= 4 is 34.6 Å². The molecule has 0 spiro atoms. The van der Waals surface area contributed by atoms with Crippen molar-refractivity contribution in [2.75, 3.05) is 25.5 Å². The largest absolute Gasteiger partial charge is 0.314 e. The van der Waals surface area contributed by atoms with Gasteiger partial charge in [0.05, 0.1) is 16.4 Å². The summed E-state index contributed by atoms with van der Waals surface area (Å²) in [5.41, 5.74) is 0.931. The number of carbonyl (C=O) groups excluding carboxylic acids is 1. The van der Waals surface area contributed by atoms with Gasteiger partial charge >= 0.3 is 0 Å². The highest BCUT2D eigenvalue weighted by atomic mass is 35.5. The van der Waals surface area contributed by atoms with Gasteiger partial charge in [-0.1, -0.05) is 11.6 Å². The van der Waals surface area contributed by atoms with Gasteiger partial charge < -0.3 is 4.90 Å².